The number of hydrogen-bond donors (Lipinski definition) is 2. The zero-order valence-electron chi connectivity index (χ0n) is 15.6. The fourth-order valence-corrected chi connectivity index (χ4v) is 2.78. The second-order valence-corrected chi connectivity index (χ2v) is 6.19. The van der Waals surface area contributed by atoms with Crippen molar-refractivity contribution in [3.8, 4) is 5.75 Å². The van der Waals surface area contributed by atoms with Crippen LogP contribution in [-0.2, 0) is 6.42 Å². The summed E-state index contributed by atoms with van der Waals surface area (Å²) in [5.41, 5.74) is 2.65. The number of carbonyl (C=O) groups is 2. The molecule has 0 fully saturated rings. The molecule has 3 aromatic rings. The van der Waals surface area contributed by atoms with Crippen LogP contribution < -0.4 is 15.4 Å². The van der Waals surface area contributed by atoms with E-state index in [2.05, 4.69) is 10.6 Å². The molecule has 0 bridgehead atoms. The van der Waals surface area contributed by atoms with Crippen LogP contribution in [0.15, 0.2) is 78.9 Å². The average molecular weight is 374 g/mol. The molecule has 3 aromatic carbocycles. The van der Waals surface area contributed by atoms with Gasteiger partial charge in [-0.2, -0.15) is 0 Å². The molecule has 0 spiro atoms. The lowest BCUT2D eigenvalue weighted by molar-refractivity contribution is 0.0961. The van der Waals surface area contributed by atoms with Crippen LogP contribution in [0.3, 0.4) is 0 Å². The number of rotatable bonds is 7. The van der Waals surface area contributed by atoms with E-state index in [1.54, 1.807) is 49.5 Å². The molecule has 0 radical (unpaired) electrons. The fraction of sp³-hybridized carbons (Fsp3) is 0.130. The van der Waals surface area contributed by atoms with Crippen molar-refractivity contribution in [3.05, 3.63) is 95.6 Å². The van der Waals surface area contributed by atoms with E-state index in [9.17, 15) is 9.59 Å². The van der Waals surface area contributed by atoms with E-state index in [-0.39, 0.29) is 11.8 Å². The molecule has 0 saturated carbocycles. The lowest BCUT2D eigenvalue weighted by atomic mass is 10.1. The van der Waals surface area contributed by atoms with E-state index in [0.29, 0.717) is 29.2 Å². The Kier molecular flexibility index (Phi) is 6.41. The van der Waals surface area contributed by atoms with Crippen molar-refractivity contribution >= 4 is 17.5 Å². The molecule has 0 aliphatic carbocycles. The maximum absolute atomic E-state index is 12.7. The third-order valence-corrected chi connectivity index (χ3v) is 4.23. The highest BCUT2D eigenvalue weighted by Crippen LogP contribution is 2.20. The van der Waals surface area contributed by atoms with Crippen LogP contribution in [0.25, 0.3) is 0 Å². The van der Waals surface area contributed by atoms with Gasteiger partial charge in [-0.25, -0.2) is 0 Å². The number of benzene rings is 3. The molecule has 0 unspecified atom stereocenters. The predicted molar refractivity (Wildman–Crippen MR) is 110 cm³/mol. The third-order valence-electron chi connectivity index (χ3n) is 4.23. The van der Waals surface area contributed by atoms with Gasteiger partial charge in [0.05, 0.1) is 12.2 Å². The number of ether oxygens (including phenoxy) is 1. The molecular weight excluding hydrogens is 352 g/mol. The molecule has 0 saturated heterocycles. The fourth-order valence-electron chi connectivity index (χ4n) is 2.78. The monoisotopic (exact) mass is 374 g/mol. The minimum Gasteiger partial charge on any atom is -0.492 e. The average Bonchev–Trinajstić information content (AvgIpc) is 2.74. The lowest BCUT2D eigenvalue weighted by Crippen LogP contribution is -2.18. The molecule has 2 amide bonds. The SMILES string of the molecule is CNC(=O)c1cccc(NC(=O)c2ccccc2OCCc2ccccc2)c1. The van der Waals surface area contributed by atoms with Gasteiger partial charge in [0.25, 0.3) is 11.8 Å². The normalized spacial score (nSPS) is 10.2. The van der Waals surface area contributed by atoms with Gasteiger partial charge < -0.3 is 15.4 Å². The number of nitrogens with one attached hydrogen (secondary N) is 2. The molecule has 142 valence electrons. The predicted octanol–water partition coefficient (Wildman–Crippen LogP) is 3.92. The first-order valence-electron chi connectivity index (χ1n) is 9.06. The Labute approximate surface area is 164 Å². The Balaban J connectivity index is 1.68. The van der Waals surface area contributed by atoms with Crippen molar-refractivity contribution in [1.82, 2.24) is 5.32 Å². The number of hydrogen-bond acceptors (Lipinski definition) is 3. The van der Waals surface area contributed by atoms with Gasteiger partial charge in [0.2, 0.25) is 0 Å². The summed E-state index contributed by atoms with van der Waals surface area (Å²) in [5.74, 6) is 0.0310. The summed E-state index contributed by atoms with van der Waals surface area (Å²) < 4.78 is 5.85. The second-order valence-electron chi connectivity index (χ2n) is 6.19. The van der Waals surface area contributed by atoms with Crippen LogP contribution in [0.1, 0.15) is 26.3 Å². The van der Waals surface area contributed by atoms with E-state index < -0.39 is 0 Å². The van der Waals surface area contributed by atoms with Gasteiger partial charge >= 0.3 is 0 Å². The van der Waals surface area contributed by atoms with E-state index in [1.807, 2.05) is 36.4 Å². The van der Waals surface area contributed by atoms with Crippen LogP contribution in [-0.4, -0.2) is 25.5 Å². The Morgan fingerprint density at radius 2 is 1.61 bits per heavy atom. The number of carbonyl (C=O) groups excluding carboxylic acids is 2. The lowest BCUT2D eigenvalue weighted by Gasteiger charge is -2.12. The molecule has 5 heteroatoms. The molecule has 5 nitrogen and oxygen atoms in total. The summed E-state index contributed by atoms with van der Waals surface area (Å²) in [5, 5.41) is 5.39. The molecule has 0 atom stereocenters. The number of amides is 2. The highest BCUT2D eigenvalue weighted by Gasteiger charge is 2.13. The van der Waals surface area contributed by atoms with Gasteiger partial charge in [0.15, 0.2) is 0 Å². The van der Waals surface area contributed by atoms with Crippen LogP contribution in [0, 0.1) is 0 Å². The second kappa shape index (κ2) is 9.37. The first-order valence-corrected chi connectivity index (χ1v) is 9.06. The quantitative estimate of drug-likeness (QED) is 0.659. The summed E-state index contributed by atoms with van der Waals surface area (Å²) in [6, 6.07) is 24.0. The summed E-state index contributed by atoms with van der Waals surface area (Å²) in [6.07, 6.45) is 0.755. The van der Waals surface area contributed by atoms with E-state index in [0.717, 1.165) is 6.42 Å². The van der Waals surface area contributed by atoms with E-state index >= 15 is 0 Å². The molecule has 3 rings (SSSR count). The van der Waals surface area contributed by atoms with Crippen LogP contribution in [0.4, 0.5) is 5.69 Å². The van der Waals surface area contributed by atoms with Crippen LogP contribution in [0.2, 0.25) is 0 Å². The first kappa shape index (κ1) is 19.2. The molecule has 2 N–H and O–H groups in total. The summed E-state index contributed by atoms with van der Waals surface area (Å²) in [4.78, 5) is 24.5. The summed E-state index contributed by atoms with van der Waals surface area (Å²) in [6.45, 7) is 0.473. The largest absolute Gasteiger partial charge is 0.492 e. The van der Waals surface area contributed by atoms with Gasteiger partial charge in [0, 0.05) is 24.7 Å². The number of anilines is 1. The van der Waals surface area contributed by atoms with E-state index in [4.69, 9.17) is 4.74 Å². The first-order chi connectivity index (χ1) is 13.7. The van der Waals surface area contributed by atoms with Crippen molar-refractivity contribution in [2.24, 2.45) is 0 Å². The highest BCUT2D eigenvalue weighted by molar-refractivity contribution is 6.06. The van der Waals surface area contributed by atoms with Gasteiger partial charge in [-0.3, -0.25) is 9.59 Å². The summed E-state index contributed by atoms with van der Waals surface area (Å²) >= 11 is 0. The highest BCUT2D eigenvalue weighted by atomic mass is 16.5. The molecule has 0 aromatic heterocycles. The topological polar surface area (TPSA) is 67.4 Å². The van der Waals surface area contributed by atoms with Gasteiger partial charge in [-0.1, -0.05) is 48.5 Å². The minimum absolute atomic E-state index is 0.208. The van der Waals surface area contributed by atoms with Gasteiger partial charge in [-0.15, -0.1) is 0 Å². The van der Waals surface area contributed by atoms with Crippen molar-refractivity contribution in [1.29, 1.82) is 0 Å². The summed E-state index contributed by atoms with van der Waals surface area (Å²) in [7, 11) is 1.57. The van der Waals surface area contributed by atoms with Crippen molar-refractivity contribution < 1.29 is 14.3 Å². The standard InChI is InChI=1S/C23H22N2O3/c1-24-22(26)18-10-7-11-19(16-18)25-23(27)20-12-5-6-13-21(20)28-15-14-17-8-3-2-4-9-17/h2-13,16H,14-15H2,1H3,(H,24,26)(H,25,27). The van der Waals surface area contributed by atoms with Crippen LogP contribution >= 0.6 is 0 Å². The van der Waals surface area contributed by atoms with Gasteiger partial charge in [-0.05, 0) is 35.9 Å². The Morgan fingerprint density at radius 1 is 0.857 bits per heavy atom. The Morgan fingerprint density at radius 3 is 2.39 bits per heavy atom. The van der Waals surface area contributed by atoms with E-state index in [1.165, 1.54) is 5.56 Å². The maximum atomic E-state index is 12.7. The zero-order valence-corrected chi connectivity index (χ0v) is 15.6. The molecule has 0 aliphatic rings. The minimum atomic E-state index is -0.288. The van der Waals surface area contributed by atoms with Crippen molar-refractivity contribution in [2.75, 3.05) is 19.0 Å². The molecule has 0 heterocycles. The Hall–Kier alpha value is -3.60. The molecular formula is C23H22N2O3. The van der Waals surface area contributed by atoms with Crippen LogP contribution in [0.5, 0.6) is 5.75 Å². The smallest absolute Gasteiger partial charge is 0.259 e. The van der Waals surface area contributed by atoms with Crippen molar-refractivity contribution in [2.45, 2.75) is 6.42 Å². The van der Waals surface area contributed by atoms with Crippen molar-refractivity contribution in [3.63, 3.8) is 0 Å². The Bertz CT molecular complexity index is 955. The zero-order chi connectivity index (χ0) is 19.8. The maximum Gasteiger partial charge on any atom is 0.259 e. The molecule has 0 aliphatic heterocycles. The number of para-hydroxylation sites is 1. The molecule has 28 heavy (non-hydrogen) atoms. The third kappa shape index (κ3) is 4.98. The van der Waals surface area contributed by atoms with Gasteiger partial charge in [0.1, 0.15) is 5.75 Å².